The second-order valence-electron chi connectivity index (χ2n) is 2.91. The molecule has 0 bridgehead atoms. The second-order valence-corrected chi connectivity index (χ2v) is 2.91. The van der Waals surface area contributed by atoms with Gasteiger partial charge < -0.3 is 9.84 Å². The lowest BCUT2D eigenvalue weighted by molar-refractivity contribution is -0.137. The zero-order valence-electron chi connectivity index (χ0n) is 8.54. The summed E-state index contributed by atoms with van der Waals surface area (Å²) in [5.41, 5.74) is -0.255. The molecular formula is C11H10F2O3. The predicted molar refractivity (Wildman–Crippen MR) is 53.7 cm³/mol. The molecular weight excluding hydrogens is 218 g/mol. The van der Waals surface area contributed by atoms with Gasteiger partial charge in [-0.1, -0.05) is 0 Å². The maximum Gasteiger partial charge on any atom is 0.330 e. The molecule has 0 aliphatic heterocycles. The fourth-order valence-corrected chi connectivity index (χ4v) is 1.08. The number of ether oxygens (including phenoxy) is 1. The van der Waals surface area contributed by atoms with E-state index in [0.29, 0.717) is 6.07 Å². The highest BCUT2D eigenvalue weighted by molar-refractivity contribution is 5.87. The van der Waals surface area contributed by atoms with Crippen LogP contribution in [0.5, 0.6) is 5.75 Å². The molecule has 0 aliphatic rings. The number of hydrogen-bond acceptors (Lipinski definition) is 3. The Morgan fingerprint density at radius 3 is 2.75 bits per heavy atom. The third-order valence-electron chi connectivity index (χ3n) is 1.75. The van der Waals surface area contributed by atoms with E-state index in [0.717, 1.165) is 18.2 Å². The van der Waals surface area contributed by atoms with E-state index in [1.165, 1.54) is 0 Å². The molecule has 1 N–H and O–H groups in total. The summed E-state index contributed by atoms with van der Waals surface area (Å²) in [5, 5.41) is 9.23. The van der Waals surface area contributed by atoms with Crippen LogP contribution in [-0.2, 0) is 9.53 Å². The van der Waals surface area contributed by atoms with Gasteiger partial charge in [-0.2, -0.15) is 0 Å². The number of phenols is 1. The molecule has 0 fully saturated rings. The SMILES string of the molecule is CCOC(=O)/C=C/c1c(O)cc(F)cc1F. The molecule has 0 saturated heterocycles. The van der Waals surface area contributed by atoms with Crippen LogP contribution in [0.3, 0.4) is 0 Å². The summed E-state index contributed by atoms with van der Waals surface area (Å²) in [6, 6.07) is 1.37. The first kappa shape index (κ1) is 12.2. The molecule has 16 heavy (non-hydrogen) atoms. The zero-order chi connectivity index (χ0) is 12.1. The van der Waals surface area contributed by atoms with Crippen LogP contribution < -0.4 is 0 Å². The number of phenolic OH excluding ortho intramolecular Hbond substituents is 1. The number of hydrogen-bond donors (Lipinski definition) is 1. The lowest BCUT2D eigenvalue weighted by atomic mass is 10.1. The van der Waals surface area contributed by atoms with Crippen molar-refractivity contribution in [2.24, 2.45) is 0 Å². The Balaban J connectivity index is 2.93. The first-order chi connectivity index (χ1) is 7.54. The minimum Gasteiger partial charge on any atom is -0.507 e. The fraction of sp³-hybridized carbons (Fsp3) is 0.182. The summed E-state index contributed by atoms with van der Waals surface area (Å²) in [6.07, 6.45) is 1.99. The van der Waals surface area contributed by atoms with Crippen LogP contribution in [0.15, 0.2) is 18.2 Å². The standard InChI is InChI=1S/C11H10F2O3/c1-2-16-11(15)4-3-8-9(13)5-7(12)6-10(8)14/h3-6,14H,2H2,1H3/b4-3+. The number of halogens is 2. The Bertz CT molecular complexity index is 404. The first-order valence-electron chi connectivity index (χ1n) is 4.57. The van der Waals surface area contributed by atoms with Gasteiger partial charge in [-0.05, 0) is 13.0 Å². The third kappa shape index (κ3) is 3.05. The monoisotopic (exact) mass is 228 g/mol. The maximum absolute atomic E-state index is 13.1. The number of aromatic hydroxyl groups is 1. The van der Waals surface area contributed by atoms with Crippen LogP contribution in [-0.4, -0.2) is 17.7 Å². The van der Waals surface area contributed by atoms with Gasteiger partial charge in [-0.15, -0.1) is 0 Å². The molecule has 0 unspecified atom stereocenters. The fourth-order valence-electron chi connectivity index (χ4n) is 1.08. The summed E-state index contributed by atoms with van der Waals surface area (Å²) >= 11 is 0. The third-order valence-corrected chi connectivity index (χ3v) is 1.75. The van der Waals surface area contributed by atoms with Crippen LogP contribution in [0.25, 0.3) is 6.08 Å². The van der Waals surface area contributed by atoms with Gasteiger partial charge in [0, 0.05) is 18.2 Å². The number of esters is 1. The van der Waals surface area contributed by atoms with E-state index in [9.17, 15) is 18.7 Å². The smallest absolute Gasteiger partial charge is 0.330 e. The quantitative estimate of drug-likeness (QED) is 0.637. The van der Waals surface area contributed by atoms with Crippen molar-refractivity contribution in [3.8, 4) is 5.75 Å². The molecule has 0 aromatic heterocycles. The van der Waals surface area contributed by atoms with Crippen molar-refractivity contribution in [3.63, 3.8) is 0 Å². The van der Waals surface area contributed by atoms with E-state index in [1.54, 1.807) is 6.92 Å². The van der Waals surface area contributed by atoms with Crippen molar-refractivity contribution in [1.82, 2.24) is 0 Å². The van der Waals surface area contributed by atoms with Gasteiger partial charge in [-0.3, -0.25) is 0 Å². The lowest BCUT2D eigenvalue weighted by Gasteiger charge is -2.01. The summed E-state index contributed by atoms with van der Waals surface area (Å²) < 4.78 is 30.3. The number of carbonyl (C=O) groups is 1. The Morgan fingerprint density at radius 2 is 2.19 bits per heavy atom. The largest absolute Gasteiger partial charge is 0.507 e. The molecule has 1 rings (SSSR count). The molecule has 1 aromatic rings. The summed E-state index contributed by atoms with van der Waals surface area (Å²) in [5.74, 6) is -3.06. The zero-order valence-corrected chi connectivity index (χ0v) is 8.54. The summed E-state index contributed by atoms with van der Waals surface area (Å²) in [7, 11) is 0. The van der Waals surface area contributed by atoms with Crippen LogP contribution in [0.4, 0.5) is 8.78 Å². The summed E-state index contributed by atoms with van der Waals surface area (Å²) in [6.45, 7) is 1.82. The van der Waals surface area contributed by atoms with Gasteiger partial charge in [0.25, 0.3) is 0 Å². The van der Waals surface area contributed by atoms with Crippen LogP contribution >= 0.6 is 0 Å². The molecule has 86 valence electrons. The normalized spacial score (nSPS) is 10.7. The number of rotatable bonds is 3. The van der Waals surface area contributed by atoms with Gasteiger partial charge in [0.1, 0.15) is 17.4 Å². The first-order valence-corrected chi connectivity index (χ1v) is 4.57. The van der Waals surface area contributed by atoms with Crippen molar-refractivity contribution >= 4 is 12.0 Å². The van der Waals surface area contributed by atoms with Gasteiger partial charge in [0.15, 0.2) is 0 Å². The Kier molecular flexibility index (Phi) is 3.99. The van der Waals surface area contributed by atoms with E-state index in [2.05, 4.69) is 4.74 Å². The van der Waals surface area contributed by atoms with Gasteiger partial charge in [0.05, 0.1) is 12.2 Å². The van der Waals surface area contributed by atoms with Crippen molar-refractivity contribution < 1.29 is 23.4 Å². The lowest BCUT2D eigenvalue weighted by Crippen LogP contribution is -1.99. The summed E-state index contributed by atoms with van der Waals surface area (Å²) in [4.78, 5) is 10.9. The second kappa shape index (κ2) is 5.25. The Morgan fingerprint density at radius 1 is 1.50 bits per heavy atom. The molecule has 0 spiro atoms. The van der Waals surface area contributed by atoms with E-state index >= 15 is 0 Å². The molecule has 5 heteroatoms. The van der Waals surface area contributed by atoms with Crippen LogP contribution in [0, 0.1) is 11.6 Å². The van der Waals surface area contributed by atoms with Crippen LogP contribution in [0.2, 0.25) is 0 Å². The minimum absolute atomic E-state index is 0.195. The highest BCUT2D eigenvalue weighted by atomic mass is 19.1. The maximum atomic E-state index is 13.1. The average molecular weight is 228 g/mol. The molecule has 1 aromatic carbocycles. The van der Waals surface area contributed by atoms with Gasteiger partial charge in [0.2, 0.25) is 0 Å². The predicted octanol–water partition coefficient (Wildman–Crippen LogP) is 2.25. The Hall–Kier alpha value is -1.91. The molecule has 3 nitrogen and oxygen atoms in total. The van der Waals surface area contributed by atoms with Crippen molar-refractivity contribution in [2.45, 2.75) is 6.92 Å². The van der Waals surface area contributed by atoms with E-state index in [4.69, 9.17) is 0 Å². The van der Waals surface area contributed by atoms with E-state index < -0.39 is 23.4 Å². The average Bonchev–Trinajstić information content (AvgIpc) is 2.16. The highest BCUT2D eigenvalue weighted by Crippen LogP contribution is 2.23. The Labute approximate surface area is 91.0 Å². The molecule has 0 radical (unpaired) electrons. The number of carbonyl (C=O) groups excluding carboxylic acids is 1. The minimum atomic E-state index is -0.946. The van der Waals surface area contributed by atoms with Crippen molar-refractivity contribution in [3.05, 3.63) is 35.4 Å². The van der Waals surface area contributed by atoms with Crippen molar-refractivity contribution in [1.29, 1.82) is 0 Å². The molecule has 0 saturated carbocycles. The number of benzene rings is 1. The highest BCUT2D eigenvalue weighted by Gasteiger charge is 2.08. The van der Waals surface area contributed by atoms with E-state index in [1.807, 2.05) is 0 Å². The van der Waals surface area contributed by atoms with Gasteiger partial charge >= 0.3 is 5.97 Å². The van der Waals surface area contributed by atoms with Crippen molar-refractivity contribution in [2.75, 3.05) is 6.61 Å². The molecule has 0 amide bonds. The van der Waals surface area contributed by atoms with Crippen LogP contribution in [0.1, 0.15) is 12.5 Å². The molecule has 0 aliphatic carbocycles. The molecule has 0 heterocycles. The molecule has 0 atom stereocenters. The topological polar surface area (TPSA) is 46.5 Å². The van der Waals surface area contributed by atoms with E-state index in [-0.39, 0.29) is 12.2 Å². The van der Waals surface area contributed by atoms with Gasteiger partial charge in [-0.25, -0.2) is 13.6 Å².